The number of Topliss-reactive ketones (excluding diaryl/α,β-unsaturated/α-hetero) is 1. The molecular formula is C20H22F3N3O3S. The summed E-state index contributed by atoms with van der Waals surface area (Å²) in [5, 5.41) is 6.24. The predicted molar refractivity (Wildman–Crippen MR) is 109 cm³/mol. The molecular weight excluding hydrogens is 419 g/mol. The van der Waals surface area contributed by atoms with Gasteiger partial charge in [0.25, 0.3) is 0 Å². The second-order valence-corrected chi connectivity index (χ2v) is 7.74. The largest absolute Gasteiger partial charge is 0.450 e. The number of alkyl halides is 3. The minimum atomic E-state index is -4.83. The second-order valence-electron chi connectivity index (χ2n) is 6.63. The van der Waals surface area contributed by atoms with E-state index in [1.807, 2.05) is 30.3 Å². The lowest BCUT2D eigenvalue weighted by Gasteiger charge is -2.18. The zero-order valence-corrected chi connectivity index (χ0v) is 17.1. The first-order valence-corrected chi connectivity index (χ1v) is 10.4. The molecule has 2 N–H and O–H groups in total. The van der Waals surface area contributed by atoms with E-state index < -0.39 is 35.6 Å². The van der Waals surface area contributed by atoms with Gasteiger partial charge in [0.1, 0.15) is 0 Å². The Hall–Kier alpha value is -2.46. The van der Waals surface area contributed by atoms with Gasteiger partial charge >= 0.3 is 6.18 Å². The van der Waals surface area contributed by atoms with Gasteiger partial charge in [-0.1, -0.05) is 18.2 Å². The molecule has 30 heavy (non-hydrogen) atoms. The SMILES string of the molecule is CC(=O)NC(=O)[C@H](CCCSCC(=O)C(F)(F)F)NCc1cnc2ccccc2c1. The van der Waals surface area contributed by atoms with Gasteiger partial charge in [-0.2, -0.15) is 24.9 Å². The van der Waals surface area contributed by atoms with Gasteiger partial charge in [-0.05, 0) is 36.3 Å². The summed E-state index contributed by atoms with van der Waals surface area (Å²) >= 11 is 0.866. The summed E-state index contributed by atoms with van der Waals surface area (Å²) in [6.07, 6.45) is -2.44. The number of rotatable bonds is 10. The van der Waals surface area contributed by atoms with Crippen molar-refractivity contribution in [1.82, 2.24) is 15.6 Å². The van der Waals surface area contributed by atoms with Crippen LogP contribution in [0.25, 0.3) is 10.9 Å². The Morgan fingerprint density at radius 3 is 2.63 bits per heavy atom. The van der Waals surface area contributed by atoms with Crippen LogP contribution in [0.4, 0.5) is 13.2 Å². The number of para-hydroxylation sites is 1. The van der Waals surface area contributed by atoms with Crippen LogP contribution in [-0.2, 0) is 20.9 Å². The fourth-order valence-corrected chi connectivity index (χ4v) is 3.54. The summed E-state index contributed by atoms with van der Waals surface area (Å²) in [5.41, 5.74) is 1.69. The minimum Gasteiger partial charge on any atom is -0.302 e. The number of nitrogens with one attached hydrogen (secondary N) is 2. The van der Waals surface area contributed by atoms with Crippen molar-refractivity contribution in [2.75, 3.05) is 11.5 Å². The highest BCUT2D eigenvalue weighted by molar-refractivity contribution is 7.99. The van der Waals surface area contributed by atoms with Crippen molar-refractivity contribution in [2.24, 2.45) is 0 Å². The molecule has 0 spiro atoms. The normalized spacial score (nSPS) is 12.5. The fraction of sp³-hybridized carbons (Fsp3) is 0.400. The third-order valence-electron chi connectivity index (χ3n) is 4.15. The van der Waals surface area contributed by atoms with E-state index in [0.29, 0.717) is 19.4 Å². The number of carbonyl (C=O) groups is 3. The molecule has 1 heterocycles. The summed E-state index contributed by atoms with van der Waals surface area (Å²) in [6.45, 7) is 1.55. The number of ketones is 1. The molecule has 1 aromatic carbocycles. The Labute approximate surface area is 176 Å². The molecule has 6 nitrogen and oxygen atoms in total. The minimum absolute atomic E-state index is 0.283. The van der Waals surface area contributed by atoms with Gasteiger partial charge in [0, 0.05) is 25.1 Å². The van der Waals surface area contributed by atoms with Gasteiger partial charge < -0.3 is 5.32 Å². The van der Waals surface area contributed by atoms with Crippen LogP contribution in [0.2, 0.25) is 0 Å². The van der Waals surface area contributed by atoms with Crippen molar-refractivity contribution < 1.29 is 27.6 Å². The van der Waals surface area contributed by atoms with Crippen molar-refractivity contribution in [3.8, 4) is 0 Å². The van der Waals surface area contributed by atoms with E-state index in [9.17, 15) is 27.6 Å². The molecule has 2 aromatic rings. The highest BCUT2D eigenvalue weighted by atomic mass is 32.2. The quantitative estimate of drug-likeness (QED) is 0.551. The van der Waals surface area contributed by atoms with Crippen LogP contribution in [0.3, 0.4) is 0 Å². The molecule has 0 radical (unpaired) electrons. The predicted octanol–water partition coefficient (Wildman–Crippen LogP) is 3.00. The number of nitrogens with zero attached hydrogens (tertiary/aromatic N) is 1. The maximum absolute atomic E-state index is 12.3. The number of fused-ring (bicyclic) bond motifs is 1. The molecule has 1 atom stereocenters. The molecule has 0 aliphatic rings. The van der Waals surface area contributed by atoms with Gasteiger partial charge in [-0.25, -0.2) is 0 Å². The van der Waals surface area contributed by atoms with Crippen molar-refractivity contribution in [3.63, 3.8) is 0 Å². The van der Waals surface area contributed by atoms with Gasteiger partial charge in [-0.3, -0.25) is 24.7 Å². The van der Waals surface area contributed by atoms with Crippen molar-refractivity contribution in [2.45, 2.75) is 38.5 Å². The van der Waals surface area contributed by atoms with E-state index in [4.69, 9.17) is 0 Å². The average Bonchev–Trinajstić information content (AvgIpc) is 2.68. The number of hydrogen-bond acceptors (Lipinski definition) is 6. The van der Waals surface area contributed by atoms with Crippen molar-refractivity contribution in [3.05, 3.63) is 42.1 Å². The lowest BCUT2D eigenvalue weighted by atomic mass is 10.1. The standard InChI is InChI=1S/C20H22F3N3O3S/c1-13(27)26-19(29)17(7-4-8-30-12-18(28)20(21,22)23)25-11-14-9-15-5-2-3-6-16(15)24-10-14/h2-3,5-6,9-10,17,25H,4,7-8,11-12H2,1H3,(H,26,27,29)/t17-/m0/s1. The summed E-state index contributed by atoms with van der Waals surface area (Å²) in [6, 6.07) is 8.82. The zero-order chi connectivity index (χ0) is 22.1. The first kappa shape index (κ1) is 23.8. The number of imide groups is 1. The number of amides is 2. The van der Waals surface area contributed by atoms with Gasteiger partial charge in [0.05, 0.1) is 17.3 Å². The number of aromatic nitrogens is 1. The summed E-state index contributed by atoms with van der Waals surface area (Å²) < 4.78 is 36.6. The van der Waals surface area contributed by atoms with E-state index in [1.165, 1.54) is 6.92 Å². The average molecular weight is 441 g/mol. The third-order valence-corrected chi connectivity index (χ3v) is 5.19. The number of benzene rings is 1. The Bertz CT molecular complexity index is 905. The molecule has 2 rings (SSSR count). The molecule has 1 aromatic heterocycles. The number of halogens is 3. The summed E-state index contributed by atoms with van der Waals surface area (Å²) in [5.74, 6) is -3.15. The maximum atomic E-state index is 12.3. The van der Waals surface area contributed by atoms with E-state index >= 15 is 0 Å². The number of carbonyl (C=O) groups excluding carboxylic acids is 3. The van der Waals surface area contributed by atoms with Crippen LogP contribution in [0.5, 0.6) is 0 Å². The molecule has 0 saturated heterocycles. The van der Waals surface area contributed by atoms with Crippen LogP contribution >= 0.6 is 11.8 Å². The molecule has 0 unspecified atom stereocenters. The second kappa shape index (κ2) is 11.1. The van der Waals surface area contributed by atoms with E-state index in [0.717, 1.165) is 28.2 Å². The number of hydrogen-bond donors (Lipinski definition) is 2. The molecule has 10 heteroatoms. The summed E-state index contributed by atoms with van der Waals surface area (Å²) in [7, 11) is 0. The van der Waals surface area contributed by atoms with Gasteiger partial charge in [0.15, 0.2) is 0 Å². The number of thioether (sulfide) groups is 1. The van der Waals surface area contributed by atoms with Crippen LogP contribution in [0, 0.1) is 0 Å². The topological polar surface area (TPSA) is 88.2 Å². The molecule has 0 bridgehead atoms. The van der Waals surface area contributed by atoms with Crippen LogP contribution < -0.4 is 10.6 Å². The van der Waals surface area contributed by atoms with E-state index in [1.54, 1.807) is 6.20 Å². The first-order chi connectivity index (χ1) is 14.2. The smallest absolute Gasteiger partial charge is 0.302 e. The molecule has 0 aliphatic heterocycles. The molecule has 162 valence electrons. The van der Waals surface area contributed by atoms with Crippen LogP contribution in [0.15, 0.2) is 36.5 Å². The van der Waals surface area contributed by atoms with Gasteiger partial charge in [-0.15, -0.1) is 0 Å². The Morgan fingerprint density at radius 2 is 1.93 bits per heavy atom. The highest BCUT2D eigenvalue weighted by Gasteiger charge is 2.37. The van der Waals surface area contributed by atoms with Crippen molar-refractivity contribution in [1.29, 1.82) is 0 Å². The first-order valence-electron chi connectivity index (χ1n) is 9.23. The monoisotopic (exact) mass is 441 g/mol. The molecule has 2 amide bonds. The van der Waals surface area contributed by atoms with E-state index in [-0.39, 0.29) is 5.75 Å². The van der Waals surface area contributed by atoms with Crippen molar-refractivity contribution >= 4 is 40.3 Å². The van der Waals surface area contributed by atoms with E-state index in [2.05, 4.69) is 15.6 Å². The Balaban J connectivity index is 1.89. The molecule has 0 saturated carbocycles. The summed E-state index contributed by atoms with van der Waals surface area (Å²) in [4.78, 5) is 38.7. The van der Waals surface area contributed by atoms with Crippen LogP contribution in [-0.4, -0.2) is 46.3 Å². The fourth-order valence-electron chi connectivity index (χ4n) is 2.68. The maximum Gasteiger partial charge on any atom is 0.450 e. The number of pyridine rings is 1. The Kier molecular flexibility index (Phi) is 8.79. The molecule has 0 fully saturated rings. The highest BCUT2D eigenvalue weighted by Crippen LogP contribution is 2.19. The van der Waals surface area contributed by atoms with Gasteiger partial charge in [0.2, 0.25) is 17.6 Å². The van der Waals surface area contributed by atoms with Crippen LogP contribution in [0.1, 0.15) is 25.3 Å². The lowest BCUT2D eigenvalue weighted by Crippen LogP contribution is -2.45. The Morgan fingerprint density at radius 1 is 1.20 bits per heavy atom. The zero-order valence-electron chi connectivity index (χ0n) is 16.3. The lowest BCUT2D eigenvalue weighted by molar-refractivity contribution is -0.167. The third kappa shape index (κ3) is 7.75. The molecule has 0 aliphatic carbocycles.